The molecule has 144 valence electrons. The predicted molar refractivity (Wildman–Crippen MR) is 101 cm³/mol. The summed E-state index contributed by atoms with van der Waals surface area (Å²) in [4.78, 5) is 22.2. The molecule has 0 fully saturated rings. The maximum Gasteiger partial charge on any atom is 0.234 e. The average Bonchev–Trinajstić information content (AvgIpc) is 2.80. The van der Waals surface area contributed by atoms with Gasteiger partial charge in [-0.2, -0.15) is 4.98 Å². The molecular weight excluding hydrogens is 347 g/mol. The van der Waals surface area contributed by atoms with E-state index in [1.54, 1.807) is 23.4 Å². The first-order chi connectivity index (χ1) is 12.9. The number of nitrogens with zero attached hydrogens (tertiary/aromatic N) is 3. The molecular formula is C20H25FN4O2. The summed E-state index contributed by atoms with van der Waals surface area (Å²) in [5.41, 5.74) is 1.77. The number of rotatable bonds is 5. The van der Waals surface area contributed by atoms with Gasteiger partial charge < -0.3 is 15.0 Å². The van der Waals surface area contributed by atoms with Gasteiger partial charge in [0, 0.05) is 20.0 Å². The van der Waals surface area contributed by atoms with Crippen LogP contribution in [-0.4, -0.2) is 33.9 Å². The molecule has 7 heteroatoms. The number of aromatic nitrogens is 2. The Morgan fingerprint density at radius 3 is 2.96 bits per heavy atom. The molecule has 2 aromatic rings. The molecule has 1 aromatic heterocycles. The van der Waals surface area contributed by atoms with Gasteiger partial charge in [0.1, 0.15) is 11.6 Å². The summed E-state index contributed by atoms with van der Waals surface area (Å²) in [5, 5.41) is 3.37. The van der Waals surface area contributed by atoms with Crippen molar-refractivity contribution < 1.29 is 13.9 Å². The molecule has 0 aliphatic carbocycles. The Labute approximate surface area is 158 Å². The first-order valence-electron chi connectivity index (χ1n) is 9.17. The van der Waals surface area contributed by atoms with Crippen LogP contribution in [0.4, 0.5) is 10.2 Å². The van der Waals surface area contributed by atoms with Gasteiger partial charge in [-0.3, -0.25) is 9.78 Å². The standard InChI is InChI=1S/C20H25FN4O2/c1-13(2)12-27-20-10-22-9-19(24-20)23-18-6-7-25(14(3)26)11-15-8-16(21)4-5-17(15)18/h4-5,8-10,13,18H,6-7,11-12H2,1-3H3,(H,23,24). The van der Waals surface area contributed by atoms with Gasteiger partial charge in [-0.1, -0.05) is 19.9 Å². The average molecular weight is 372 g/mol. The number of amides is 1. The second kappa shape index (κ2) is 8.33. The van der Waals surface area contributed by atoms with E-state index in [2.05, 4.69) is 29.1 Å². The lowest BCUT2D eigenvalue weighted by atomic mass is 9.99. The number of benzene rings is 1. The van der Waals surface area contributed by atoms with Crippen LogP contribution in [0.3, 0.4) is 0 Å². The van der Waals surface area contributed by atoms with E-state index in [0.717, 1.165) is 11.1 Å². The van der Waals surface area contributed by atoms with Crippen molar-refractivity contribution in [1.82, 2.24) is 14.9 Å². The van der Waals surface area contributed by atoms with E-state index in [1.807, 2.05) is 0 Å². The fourth-order valence-electron chi connectivity index (χ4n) is 3.11. The summed E-state index contributed by atoms with van der Waals surface area (Å²) >= 11 is 0. The molecule has 1 unspecified atom stereocenters. The van der Waals surface area contributed by atoms with Gasteiger partial charge in [-0.25, -0.2) is 4.39 Å². The summed E-state index contributed by atoms with van der Waals surface area (Å²) < 4.78 is 19.4. The Morgan fingerprint density at radius 2 is 2.22 bits per heavy atom. The van der Waals surface area contributed by atoms with Crippen molar-refractivity contribution in [1.29, 1.82) is 0 Å². The van der Waals surface area contributed by atoms with Gasteiger partial charge >= 0.3 is 0 Å². The molecule has 6 nitrogen and oxygen atoms in total. The number of fused-ring (bicyclic) bond motifs is 1. The lowest BCUT2D eigenvalue weighted by Gasteiger charge is -2.20. The number of carbonyl (C=O) groups is 1. The SMILES string of the molecule is CC(=O)N1CCC(Nc2cncc(OCC(C)C)n2)c2ccc(F)cc2C1. The van der Waals surface area contributed by atoms with Gasteiger partial charge in [0.25, 0.3) is 0 Å². The first-order valence-corrected chi connectivity index (χ1v) is 9.17. The summed E-state index contributed by atoms with van der Waals surface area (Å²) in [5.74, 6) is 1.13. The van der Waals surface area contributed by atoms with E-state index in [1.165, 1.54) is 19.1 Å². The zero-order valence-electron chi connectivity index (χ0n) is 15.9. The monoisotopic (exact) mass is 372 g/mol. The van der Waals surface area contributed by atoms with Crippen LogP contribution in [0.1, 0.15) is 44.4 Å². The molecule has 1 aromatic carbocycles. The second-order valence-electron chi connectivity index (χ2n) is 7.22. The highest BCUT2D eigenvalue weighted by molar-refractivity contribution is 5.73. The minimum atomic E-state index is -0.304. The zero-order chi connectivity index (χ0) is 19.4. The Balaban J connectivity index is 1.82. The van der Waals surface area contributed by atoms with Crippen molar-refractivity contribution in [3.63, 3.8) is 0 Å². The largest absolute Gasteiger partial charge is 0.476 e. The number of ether oxygens (including phenoxy) is 1. The number of anilines is 1. The van der Waals surface area contributed by atoms with Gasteiger partial charge in [0.15, 0.2) is 0 Å². The van der Waals surface area contributed by atoms with E-state index in [-0.39, 0.29) is 17.8 Å². The molecule has 1 atom stereocenters. The van der Waals surface area contributed by atoms with Crippen LogP contribution in [0.2, 0.25) is 0 Å². The molecule has 0 bridgehead atoms. The Bertz CT molecular complexity index is 812. The molecule has 0 radical (unpaired) electrons. The third-order valence-corrected chi connectivity index (χ3v) is 4.47. The minimum absolute atomic E-state index is 0.0188. The van der Waals surface area contributed by atoms with Crippen LogP contribution in [0, 0.1) is 11.7 Å². The maximum absolute atomic E-state index is 13.7. The smallest absolute Gasteiger partial charge is 0.234 e. The molecule has 1 N–H and O–H groups in total. The normalized spacial score (nSPS) is 16.6. The molecule has 3 rings (SSSR count). The third kappa shape index (κ3) is 4.93. The molecule has 0 spiro atoms. The van der Waals surface area contributed by atoms with E-state index in [4.69, 9.17) is 4.74 Å². The lowest BCUT2D eigenvalue weighted by molar-refractivity contribution is -0.129. The van der Waals surface area contributed by atoms with Gasteiger partial charge in [0.2, 0.25) is 11.8 Å². The van der Waals surface area contributed by atoms with Crippen LogP contribution in [-0.2, 0) is 11.3 Å². The van der Waals surface area contributed by atoms with Crippen molar-refractivity contribution in [2.45, 2.75) is 39.8 Å². The van der Waals surface area contributed by atoms with E-state index < -0.39 is 0 Å². The predicted octanol–water partition coefficient (Wildman–Crippen LogP) is 3.56. The molecule has 1 aliphatic rings. The molecule has 0 saturated carbocycles. The van der Waals surface area contributed by atoms with Crippen molar-refractivity contribution in [2.24, 2.45) is 5.92 Å². The summed E-state index contributed by atoms with van der Waals surface area (Å²) in [6, 6.07) is 4.63. The van der Waals surface area contributed by atoms with Crippen LogP contribution in [0.5, 0.6) is 5.88 Å². The number of hydrogen-bond acceptors (Lipinski definition) is 5. The fraction of sp³-hybridized carbons (Fsp3) is 0.450. The molecule has 0 saturated heterocycles. The van der Waals surface area contributed by atoms with Gasteiger partial charge in [-0.15, -0.1) is 0 Å². The number of halogens is 1. The topological polar surface area (TPSA) is 67.4 Å². The Hall–Kier alpha value is -2.70. The van der Waals surface area contributed by atoms with E-state index >= 15 is 0 Å². The number of carbonyl (C=O) groups excluding carboxylic acids is 1. The Morgan fingerprint density at radius 1 is 1.41 bits per heavy atom. The van der Waals surface area contributed by atoms with Gasteiger partial charge in [-0.05, 0) is 35.6 Å². The van der Waals surface area contributed by atoms with Crippen molar-refractivity contribution in [2.75, 3.05) is 18.5 Å². The van der Waals surface area contributed by atoms with Gasteiger partial charge in [0.05, 0.1) is 25.0 Å². The fourth-order valence-corrected chi connectivity index (χ4v) is 3.11. The van der Waals surface area contributed by atoms with Crippen molar-refractivity contribution in [3.8, 4) is 5.88 Å². The van der Waals surface area contributed by atoms with E-state index in [9.17, 15) is 9.18 Å². The Kier molecular flexibility index (Phi) is 5.88. The summed E-state index contributed by atoms with van der Waals surface area (Å²) in [6.45, 7) is 7.23. The first kappa shape index (κ1) is 19.1. The number of hydrogen-bond donors (Lipinski definition) is 1. The van der Waals surface area contributed by atoms with E-state index in [0.29, 0.717) is 43.7 Å². The maximum atomic E-state index is 13.7. The number of nitrogens with one attached hydrogen (secondary N) is 1. The van der Waals surface area contributed by atoms with Crippen LogP contribution < -0.4 is 10.1 Å². The van der Waals surface area contributed by atoms with Crippen LogP contribution >= 0.6 is 0 Å². The highest BCUT2D eigenvalue weighted by atomic mass is 19.1. The third-order valence-electron chi connectivity index (χ3n) is 4.47. The zero-order valence-corrected chi connectivity index (χ0v) is 15.9. The van der Waals surface area contributed by atoms with Crippen LogP contribution in [0.25, 0.3) is 0 Å². The lowest BCUT2D eigenvalue weighted by Crippen LogP contribution is -2.28. The second-order valence-corrected chi connectivity index (χ2v) is 7.22. The highest BCUT2D eigenvalue weighted by Gasteiger charge is 2.24. The quantitative estimate of drug-likeness (QED) is 0.869. The highest BCUT2D eigenvalue weighted by Crippen LogP contribution is 2.30. The molecule has 2 heterocycles. The van der Waals surface area contributed by atoms with Crippen molar-refractivity contribution >= 4 is 11.7 Å². The summed E-state index contributed by atoms with van der Waals surface area (Å²) in [6.07, 6.45) is 3.91. The summed E-state index contributed by atoms with van der Waals surface area (Å²) in [7, 11) is 0. The van der Waals surface area contributed by atoms with Crippen molar-refractivity contribution in [3.05, 3.63) is 47.5 Å². The minimum Gasteiger partial charge on any atom is -0.476 e. The molecule has 1 amide bonds. The van der Waals surface area contributed by atoms with Crippen LogP contribution in [0.15, 0.2) is 30.6 Å². The molecule has 27 heavy (non-hydrogen) atoms. The molecule has 1 aliphatic heterocycles.